The number of rotatable bonds is 3. The summed E-state index contributed by atoms with van der Waals surface area (Å²) in [7, 11) is 0. The summed E-state index contributed by atoms with van der Waals surface area (Å²) in [6, 6.07) is 14.1. The van der Waals surface area contributed by atoms with Crippen LogP contribution in [-0.2, 0) is 4.74 Å². The minimum Gasteiger partial charge on any atom is -0.394 e. The van der Waals surface area contributed by atoms with Gasteiger partial charge in [0.05, 0.1) is 12.0 Å². The summed E-state index contributed by atoms with van der Waals surface area (Å²) >= 11 is 0. The highest BCUT2D eigenvalue weighted by Gasteiger charge is 2.44. The molecule has 3 heterocycles. The van der Waals surface area contributed by atoms with Crippen molar-refractivity contribution in [2.45, 2.75) is 24.5 Å². The van der Waals surface area contributed by atoms with Crippen LogP contribution in [0.5, 0.6) is 0 Å². The van der Waals surface area contributed by atoms with Crippen molar-refractivity contribution < 1.29 is 20.1 Å². The van der Waals surface area contributed by atoms with Crippen LogP contribution in [0.15, 0.2) is 55.0 Å². The van der Waals surface area contributed by atoms with Crippen molar-refractivity contribution in [3.05, 3.63) is 55.0 Å². The highest BCUT2D eigenvalue weighted by atomic mass is 16.6. The van der Waals surface area contributed by atoms with Gasteiger partial charge in [-0.05, 0) is 22.4 Å². The molecule has 1 aliphatic rings. The molecule has 0 amide bonds. The van der Waals surface area contributed by atoms with Crippen molar-refractivity contribution in [3.63, 3.8) is 0 Å². The fourth-order valence-electron chi connectivity index (χ4n) is 3.99. The topological polar surface area (TPSA) is 127 Å². The molecule has 1 saturated heterocycles. The molecule has 0 spiro atoms. The number of fused-ring (bicyclic) bond motifs is 2. The number of hydrogen-bond donors (Lipinski definition) is 4. The Morgan fingerprint density at radius 2 is 1.83 bits per heavy atom. The van der Waals surface area contributed by atoms with E-state index in [0.717, 1.165) is 21.9 Å². The van der Waals surface area contributed by atoms with E-state index >= 15 is 0 Å². The Kier molecular flexibility index (Phi) is 4.21. The molecular formula is C21H20N4O4. The summed E-state index contributed by atoms with van der Waals surface area (Å²) in [6.07, 6.45) is -1.07. The number of nitrogens with two attached hydrogens (primary N) is 1. The second-order valence-electron chi connectivity index (χ2n) is 7.20. The molecule has 1 fully saturated rings. The molecule has 0 bridgehead atoms. The third-order valence-corrected chi connectivity index (χ3v) is 5.49. The zero-order valence-corrected chi connectivity index (χ0v) is 15.4. The predicted molar refractivity (Wildman–Crippen MR) is 108 cm³/mol. The molecule has 3 unspecified atom stereocenters. The molecule has 0 aliphatic carbocycles. The van der Waals surface area contributed by atoms with Crippen LogP contribution in [-0.4, -0.2) is 54.8 Å². The molecule has 8 heteroatoms. The number of ether oxygens (including phenoxy) is 1. The van der Waals surface area contributed by atoms with Crippen molar-refractivity contribution in [1.29, 1.82) is 0 Å². The monoisotopic (exact) mass is 392 g/mol. The van der Waals surface area contributed by atoms with Crippen molar-refractivity contribution >= 4 is 27.6 Å². The summed E-state index contributed by atoms with van der Waals surface area (Å²) in [4.78, 5) is 8.46. The highest BCUT2D eigenvalue weighted by Crippen LogP contribution is 2.38. The summed E-state index contributed by atoms with van der Waals surface area (Å²) < 4.78 is 7.34. The van der Waals surface area contributed by atoms with Crippen LogP contribution < -0.4 is 5.73 Å². The van der Waals surface area contributed by atoms with Gasteiger partial charge in [0.15, 0.2) is 6.23 Å². The molecule has 5 N–H and O–H groups in total. The summed E-state index contributed by atoms with van der Waals surface area (Å²) in [5, 5.41) is 32.9. The molecule has 1 aliphatic heterocycles. The van der Waals surface area contributed by atoms with E-state index in [1.807, 2.05) is 36.4 Å². The Morgan fingerprint density at radius 3 is 2.59 bits per heavy atom. The Hall–Kier alpha value is -3.04. The summed E-state index contributed by atoms with van der Waals surface area (Å²) in [5.41, 5.74) is 8.37. The molecule has 2 aromatic heterocycles. The third kappa shape index (κ3) is 2.77. The van der Waals surface area contributed by atoms with Gasteiger partial charge < -0.3 is 30.4 Å². The van der Waals surface area contributed by atoms with Crippen LogP contribution in [0.25, 0.3) is 32.9 Å². The molecule has 29 heavy (non-hydrogen) atoms. The lowest BCUT2D eigenvalue weighted by atomic mass is 10.0. The normalized spacial score (nSPS) is 24.5. The Balaban J connectivity index is 1.71. The first-order valence-electron chi connectivity index (χ1n) is 9.31. The second-order valence-corrected chi connectivity index (χ2v) is 7.20. The number of anilines is 1. The quantitative estimate of drug-likeness (QED) is 0.416. The number of nitrogens with zero attached hydrogens (tertiary/aromatic N) is 3. The van der Waals surface area contributed by atoms with Crippen LogP contribution >= 0.6 is 0 Å². The van der Waals surface area contributed by atoms with Crippen LogP contribution in [0.1, 0.15) is 6.23 Å². The maximum Gasteiger partial charge on any atom is 0.164 e. The second kappa shape index (κ2) is 6.78. The van der Waals surface area contributed by atoms with Crippen LogP contribution in [0.2, 0.25) is 0 Å². The lowest BCUT2D eigenvalue weighted by molar-refractivity contribution is -0.0508. The lowest BCUT2D eigenvalue weighted by Crippen LogP contribution is -2.33. The van der Waals surface area contributed by atoms with E-state index in [4.69, 9.17) is 10.5 Å². The molecule has 4 aromatic rings. The van der Waals surface area contributed by atoms with Crippen molar-refractivity contribution in [2.24, 2.45) is 0 Å². The van der Waals surface area contributed by atoms with E-state index in [1.54, 1.807) is 10.8 Å². The average molecular weight is 392 g/mol. The smallest absolute Gasteiger partial charge is 0.164 e. The predicted octanol–water partition coefficient (Wildman–Crippen LogP) is 1.45. The van der Waals surface area contributed by atoms with Gasteiger partial charge in [0.25, 0.3) is 0 Å². The third-order valence-electron chi connectivity index (χ3n) is 5.49. The van der Waals surface area contributed by atoms with Gasteiger partial charge >= 0.3 is 0 Å². The van der Waals surface area contributed by atoms with Gasteiger partial charge in [-0.25, -0.2) is 9.97 Å². The minimum atomic E-state index is -1.22. The number of aromatic nitrogens is 3. The maximum absolute atomic E-state index is 10.5. The van der Waals surface area contributed by atoms with E-state index in [1.165, 1.54) is 6.33 Å². The first-order chi connectivity index (χ1) is 14.1. The van der Waals surface area contributed by atoms with Gasteiger partial charge in [-0.15, -0.1) is 0 Å². The molecule has 8 nitrogen and oxygen atoms in total. The van der Waals surface area contributed by atoms with Crippen LogP contribution in [0, 0.1) is 0 Å². The first-order valence-corrected chi connectivity index (χ1v) is 9.31. The van der Waals surface area contributed by atoms with Gasteiger partial charge in [-0.2, -0.15) is 0 Å². The lowest BCUT2D eigenvalue weighted by Gasteiger charge is -2.17. The molecule has 0 radical (unpaired) electrons. The van der Waals surface area contributed by atoms with Crippen molar-refractivity contribution in [3.8, 4) is 11.1 Å². The van der Waals surface area contributed by atoms with Crippen molar-refractivity contribution in [2.75, 3.05) is 12.3 Å². The summed E-state index contributed by atoms with van der Waals surface area (Å²) in [6.45, 7) is -0.400. The molecule has 2 aromatic carbocycles. The molecule has 148 valence electrons. The Bertz CT molecular complexity index is 1210. The number of aliphatic hydroxyl groups excluding tert-OH is 3. The van der Waals surface area contributed by atoms with E-state index < -0.39 is 31.1 Å². The Morgan fingerprint density at radius 1 is 1.03 bits per heavy atom. The van der Waals surface area contributed by atoms with E-state index in [0.29, 0.717) is 16.9 Å². The zero-order valence-electron chi connectivity index (χ0n) is 15.4. The fourth-order valence-corrected chi connectivity index (χ4v) is 3.99. The maximum atomic E-state index is 10.5. The zero-order chi connectivity index (χ0) is 20.1. The van der Waals surface area contributed by atoms with Gasteiger partial charge in [0, 0.05) is 11.8 Å². The standard InChI is InChI=1S/C21H20N4O4/c22-19-16-14(13-6-5-11-3-1-2-4-12(11)7-13)8-25(20(16)24-10-23-19)21-18(28)17(27)15(9-26)29-21/h1-8,10,15,17-18,21,26-28H,9H2,(H2,22,23,24)/t15-,17?,18?,21?/m1/s1. The Labute approximate surface area is 165 Å². The fraction of sp³-hybridized carbons (Fsp3) is 0.238. The first kappa shape index (κ1) is 18.0. The summed E-state index contributed by atoms with van der Waals surface area (Å²) in [5.74, 6) is 0.309. The van der Waals surface area contributed by atoms with E-state index in [9.17, 15) is 15.3 Å². The molecule has 5 rings (SSSR count). The van der Waals surface area contributed by atoms with E-state index in [-0.39, 0.29) is 0 Å². The largest absolute Gasteiger partial charge is 0.394 e. The molecular weight excluding hydrogens is 372 g/mol. The van der Waals surface area contributed by atoms with Crippen LogP contribution in [0.4, 0.5) is 5.82 Å². The van der Waals surface area contributed by atoms with Gasteiger partial charge in [0.1, 0.15) is 36.1 Å². The SMILES string of the molecule is Nc1ncnc2c1c(-c1ccc3ccccc3c1)cn2C1O[C@H](CO)C(O)C1O. The number of nitrogen functional groups attached to an aromatic ring is 1. The highest BCUT2D eigenvalue weighted by molar-refractivity contribution is 6.02. The van der Waals surface area contributed by atoms with Gasteiger partial charge in [-0.3, -0.25) is 0 Å². The number of aliphatic hydroxyl groups is 3. The molecule has 0 saturated carbocycles. The average Bonchev–Trinajstić information content (AvgIpc) is 3.26. The number of hydrogen-bond acceptors (Lipinski definition) is 7. The van der Waals surface area contributed by atoms with Gasteiger partial charge in [0.2, 0.25) is 0 Å². The van der Waals surface area contributed by atoms with Crippen molar-refractivity contribution in [1.82, 2.24) is 14.5 Å². The number of benzene rings is 2. The molecule has 4 atom stereocenters. The van der Waals surface area contributed by atoms with Crippen LogP contribution in [0.3, 0.4) is 0 Å². The van der Waals surface area contributed by atoms with E-state index in [2.05, 4.69) is 16.0 Å². The minimum absolute atomic E-state index is 0.309. The van der Waals surface area contributed by atoms with Gasteiger partial charge in [-0.1, -0.05) is 36.4 Å².